The van der Waals surface area contributed by atoms with E-state index in [-0.39, 0.29) is 10.8 Å². The van der Waals surface area contributed by atoms with Gasteiger partial charge in [0.1, 0.15) is 11.2 Å². The number of rotatable bonds is 5. The topological polar surface area (TPSA) is 79.6 Å². The number of hydrogen-bond donors (Lipinski definition) is 1. The number of thioether (sulfide) groups is 1. The van der Waals surface area contributed by atoms with Crippen LogP contribution in [0.15, 0.2) is 74.9 Å². The number of carbonyl (C=O) groups excluding carboxylic acids is 1. The molecule has 2 heterocycles. The second kappa shape index (κ2) is 8.18. The molecule has 1 fully saturated rings. The maximum Gasteiger partial charge on any atom is 0.261 e. The standard InChI is InChI=1S/C24H22N2O4S2/c1-31-23-11-9-17(15-20(23)24(27)26-12-4-5-13-26)32(28,29)25-16-8-10-19-18-6-2-3-7-21(18)30-22(19)14-16/h2-3,6-11,14-15,25H,4-5,12-13H2,1H3. The van der Waals surface area contributed by atoms with E-state index in [1.807, 2.05) is 36.6 Å². The third-order valence-corrected chi connectivity index (χ3v) is 7.91. The Balaban J connectivity index is 1.48. The Kier molecular flexibility index (Phi) is 5.35. The zero-order valence-corrected chi connectivity index (χ0v) is 19.1. The molecule has 4 aromatic rings. The second-order valence-electron chi connectivity index (χ2n) is 7.78. The zero-order chi connectivity index (χ0) is 22.3. The number of anilines is 1. The molecule has 1 aliphatic heterocycles. The van der Waals surface area contributed by atoms with Crippen LogP contribution in [0.25, 0.3) is 21.9 Å². The number of hydrogen-bond acceptors (Lipinski definition) is 5. The summed E-state index contributed by atoms with van der Waals surface area (Å²) in [7, 11) is -3.89. The van der Waals surface area contributed by atoms with Gasteiger partial charge in [0.2, 0.25) is 0 Å². The van der Waals surface area contributed by atoms with Crippen LogP contribution < -0.4 is 4.72 Å². The number of para-hydroxylation sites is 1. The first-order valence-corrected chi connectivity index (χ1v) is 13.1. The minimum Gasteiger partial charge on any atom is -0.456 e. The summed E-state index contributed by atoms with van der Waals surface area (Å²) in [6, 6.07) is 17.6. The van der Waals surface area contributed by atoms with Crippen molar-refractivity contribution in [1.29, 1.82) is 0 Å². The molecule has 1 N–H and O–H groups in total. The molecule has 1 aliphatic rings. The zero-order valence-electron chi connectivity index (χ0n) is 17.5. The van der Waals surface area contributed by atoms with E-state index in [4.69, 9.17) is 4.42 Å². The molecule has 164 valence electrons. The Hall–Kier alpha value is -2.97. The van der Waals surface area contributed by atoms with Crippen LogP contribution in [0.2, 0.25) is 0 Å². The van der Waals surface area contributed by atoms with Crippen LogP contribution in [0.3, 0.4) is 0 Å². The molecule has 0 aliphatic carbocycles. The average Bonchev–Trinajstić information content (AvgIpc) is 3.45. The van der Waals surface area contributed by atoms with Crippen molar-refractivity contribution in [2.75, 3.05) is 24.1 Å². The highest BCUT2D eigenvalue weighted by molar-refractivity contribution is 7.98. The lowest BCUT2D eigenvalue weighted by atomic mass is 10.1. The highest BCUT2D eigenvalue weighted by atomic mass is 32.2. The predicted octanol–water partition coefficient (Wildman–Crippen LogP) is 5.34. The Morgan fingerprint density at radius 2 is 1.72 bits per heavy atom. The second-order valence-corrected chi connectivity index (χ2v) is 10.3. The maximum atomic E-state index is 13.1. The van der Waals surface area contributed by atoms with Gasteiger partial charge in [0, 0.05) is 34.8 Å². The molecule has 0 radical (unpaired) electrons. The molecule has 5 rings (SSSR count). The number of furan rings is 1. The summed E-state index contributed by atoms with van der Waals surface area (Å²) in [5.41, 5.74) is 2.18. The molecule has 0 saturated carbocycles. The molecule has 0 bridgehead atoms. The summed E-state index contributed by atoms with van der Waals surface area (Å²) in [4.78, 5) is 15.6. The van der Waals surface area contributed by atoms with Crippen molar-refractivity contribution >= 4 is 55.3 Å². The van der Waals surface area contributed by atoms with Crippen LogP contribution >= 0.6 is 11.8 Å². The van der Waals surface area contributed by atoms with Crippen LogP contribution in [0.4, 0.5) is 5.69 Å². The lowest BCUT2D eigenvalue weighted by molar-refractivity contribution is 0.0789. The Bertz CT molecular complexity index is 1440. The van der Waals surface area contributed by atoms with Crippen LogP contribution in [0.5, 0.6) is 0 Å². The number of likely N-dealkylation sites (tertiary alicyclic amines) is 1. The van der Waals surface area contributed by atoms with E-state index in [1.165, 1.54) is 23.9 Å². The van der Waals surface area contributed by atoms with Crippen LogP contribution in [-0.2, 0) is 10.0 Å². The van der Waals surface area contributed by atoms with Crippen molar-refractivity contribution in [3.05, 3.63) is 66.2 Å². The van der Waals surface area contributed by atoms with Gasteiger partial charge in [-0.1, -0.05) is 18.2 Å². The van der Waals surface area contributed by atoms with Gasteiger partial charge in [-0.2, -0.15) is 0 Å². The molecule has 6 nitrogen and oxygen atoms in total. The van der Waals surface area contributed by atoms with Gasteiger partial charge in [0.15, 0.2) is 0 Å². The lowest BCUT2D eigenvalue weighted by Crippen LogP contribution is -2.28. The van der Waals surface area contributed by atoms with E-state index in [0.29, 0.717) is 29.9 Å². The molecule has 32 heavy (non-hydrogen) atoms. The molecule has 1 amide bonds. The summed E-state index contributed by atoms with van der Waals surface area (Å²) in [6.45, 7) is 1.42. The SMILES string of the molecule is CSc1ccc(S(=O)(=O)Nc2ccc3c(c2)oc2ccccc23)cc1C(=O)N1CCCC1. The molecule has 0 spiro atoms. The molecular formula is C24H22N2O4S2. The maximum absolute atomic E-state index is 13.1. The number of nitrogens with zero attached hydrogens (tertiary/aromatic N) is 1. The van der Waals surface area contributed by atoms with Gasteiger partial charge in [-0.05, 0) is 55.5 Å². The van der Waals surface area contributed by atoms with Gasteiger partial charge in [-0.3, -0.25) is 9.52 Å². The molecule has 0 atom stereocenters. The largest absolute Gasteiger partial charge is 0.456 e. The number of amides is 1. The summed E-state index contributed by atoms with van der Waals surface area (Å²) in [5, 5.41) is 1.90. The number of nitrogens with one attached hydrogen (secondary N) is 1. The minimum absolute atomic E-state index is 0.0579. The van der Waals surface area contributed by atoms with Gasteiger partial charge in [0.05, 0.1) is 16.1 Å². The van der Waals surface area contributed by atoms with Crippen LogP contribution in [-0.4, -0.2) is 38.6 Å². The number of benzene rings is 3. The Morgan fingerprint density at radius 3 is 2.50 bits per heavy atom. The molecule has 1 aromatic heterocycles. The van der Waals surface area contributed by atoms with Gasteiger partial charge >= 0.3 is 0 Å². The van der Waals surface area contributed by atoms with Crippen LogP contribution in [0, 0.1) is 0 Å². The molecular weight excluding hydrogens is 444 g/mol. The van der Waals surface area contributed by atoms with Crippen LogP contribution in [0.1, 0.15) is 23.2 Å². The molecule has 8 heteroatoms. The summed E-state index contributed by atoms with van der Waals surface area (Å²) in [5.74, 6) is -0.118. The van der Waals surface area contributed by atoms with Crippen molar-refractivity contribution < 1.29 is 17.6 Å². The Labute approximate surface area is 190 Å². The van der Waals surface area contributed by atoms with Gasteiger partial charge in [-0.25, -0.2) is 8.42 Å². The number of sulfonamides is 1. The molecule has 3 aromatic carbocycles. The van der Waals surface area contributed by atoms with E-state index in [1.54, 1.807) is 23.1 Å². The molecule has 1 saturated heterocycles. The highest BCUT2D eigenvalue weighted by Gasteiger charge is 2.24. The highest BCUT2D eigenvalue weighted by Crippen LogP contribution is 2.32. The monoisotopic (exact) mass is 466 g/mol. The van der Waals surface area contributed by atoms with E-state index in [0.717, 1.165) is 34.1 Å². The first kappa shape index (κ1) is 20.9. The van der Waals surface area contributed by atoms with E-state index in [9.17, 15) is 13.2 Å². The third-order valence-electron chi connectivity index (χ3n) is 5.74. The summed E-state index contributed by atoms with van der Waals surface area (Å²) < 4.78 is 34.8. The minimum atomic E-state index is -3.89. The van der Waals surface area contributed by atoms with Gasteiger partial charge < -0.3 is 9.32 Å². The van der Waals surface area contributed by atoms with Crippen molar-refractivity contribution in [3.63, 3.8) is 0 Å². The van der Waals surface area contributed by atoms with Crippen molar-refractivity contribution in [2.24, 2.45) is 0 Å². The smallest absolute Gasteiger partial charge is 0.261 e. The fraction of sp³-hybridized carbons (Fsp3) is 0.208. The number of fused-ring (bicyclic) bond motifs is 3. The van der Waals surface area contributed by atoms with Crippen molar-refractivity contribution in [1.82, 2.24) is 4.90 Å². The average molecular weight is 467 g/mol. The van der Waals surface area contributed by atoms with Crippen molar-refractivity contribution in [3.8, 4) is 0 Å². The van der Waals surface area contributed by atoms with E-state index >= 15 is 0 Å². The van der Waals surface area contributed by atoms with Gasteiger partial charge in [0.25, 0.3) is 15.9 Å². The summed E-state index contributed by atoms with van der Waals surface area (Å²) in [6.07, 6.45) is 3.83. The fourth-order valence-corrected chi connectivity index (χ4v) is 5.76. The number of carbonyl (C=O) groups is 1. The first-order chi connectivity index (χ1) is 15.5. The Morgan fingerprint density at radius 1 is 0.969 bits per heavy atom. The fourth-order valence-electron chi connectivity index (χ4n) is 4.12. The van der Waals surface area contributed by atoms with E-state index < -0.39 is 10.0 Å². The normalized spacial score (nSPS) is 14.3. The lowest BCUT2D eigenvalue weighted by Gasteiger charge is -2.18. The predicted molar refractivity (Wildman–Crippen MR) is 128 cm³/mol. The van der Waals surface area contributed by atoms with E-state index in [2.05, 4.69) is 4.72 Å². The quantitative estimate of drug-likeness (QED) is 0.401. The molecule has 0 unspecified atom stereocenters. The summed E-state index contributed by atoms with van der Waals surface area (Å²) >= 11 is 1.43. The third kappa shape index (κ3) is 3.73. The van der Waals surface area contributed by atoms with Crippen molar-refractivity contribution in [2.45, 2.75) is 22.6 Å². The first-order valence-electron chi connectivity index (χ1n) is 10.4. The van der Waals surface area contributed by atoms with Gasteiger partial charge in [-0.15, -0.1) is 11.8 Å².